The van der Waals surface area contributed by atoms with E-state index in [1.807, 2.05) is 13.8 Å². The first kappa shape index (κ1) is 6.92. The molecule has 0 amide bonds. The van der Waals surface area contributed by atoms with E-state index in [4.69, 9.17) is 0 Å². The molecule has 1 atom stereocenters. The van der Waals surface area contributed by atoms with Crippen molar-refractivity contribution in [2.45, 2.75) is 26.3 Å². The van der Waals surface area contributed by atoms with Crippen LogP contribution in [0.15, 0.2) is 0 Å². The van der Waals surface area contributed by atoms with E-state index in [9.17, 15) is 5.11 Å². The fourth-order valence-corrected chi connectivity index (χ4v) is 0.287. The normalized spacial score (nSPS) is 14.1. The van der Waals surface area contributed by atoms with Gasteiger partial charge in [0.05, 0.1) is 0 Å². The lowest BCUT2D eigenvalue weighted by atomic mass is 10.3. The van der Waals surface area contributed by atoms with E-state index in [-0.39, 0.29) is 6.73 Å². The predicted octanol–water partition coefficient (Wildman–Crippen LogP) is 0.762. The molecule has 43 valence electrons. The third kappa shape index (κ3) is 3.76. The molecule has 0 rings (SSSR count). The van der Waals surface area contributed by atoms with Crippen LogP contribution in [-0.2, 0) is 5.11 Å². The van der Waals surface area contributed by atoms with Crippen LogP contribution in [0.5, 0.6) is 0 Å². The van der Waals surface area contributed by atoms with Crippen LogP contribution in [0.2, 0.25) is 0 Å². The van der Waals surface area contributed by atoms with Gasteiger partial charge in [0.15, 0.2) is 0 Å². The lowest BCUT2D eigenvalue weighted by molar-refractivity contribution is 0.156. The van der Waals surface area contributed by atoms with Crippen molar-refractivity contribution in [2.24, 2.45) is 0 Å². The van der Waals surface area contributed by atoms with E-state index in [1.54, 1.807) is 0 Å². The van der Waals surface area contributed by atoms with Gasteiger partial charge in [0, 0.05) is 6.04 Å². The molecule has 0 aliphatic carbocycles. The third-order valence-electron chi connectivity index (χ3n) is 1.04. The predicted molar refractivity (Wildman–Crippen MR) is 28.4 cm³/mol. The SMILES string of the molecule is CCC(C)NC[O]. The Labute approximate surface area is 44.5 Å². The summed E-state index contributed by atoms with van der Waals surface area (Å²) < 4.78 is 0. The Balaban J connectivity index is 2.83. The summed E-state index contributed by atoms with van der Waals surface area (Å²) >= 11 is 0. The molecule has 7 heavy (non-hydrogen) atoms. The van der Waals surface area contributed by atoms with Crippen molar-refractivity contribution in [1.82, 2.24) is 5.32 Å². The Morgan fingerprint density at radius 2 is 2.29 bits per heavy atom. The Kier molecular flexibility index (Phi) is 4.04. The molecule has 0 bridgehead atoms. The van der Waals surface area contributed by atoms with Gasteiger partial charge in [0.2, 0.25) is 0 Å². The highest BCUT2D eigenvalue weighted by atomic mass is 16.3. The van der Waals surface area contributed by atoms with Crippen LogP contribution in [0.25, 0.3) is 0 Å². The van der Waals surface area contributed by atoms with E-state index >= 15 is 0 Å². The smallest absolute Gasteiger partial charge is 0.133 e. The van der Waals surface area contributed by atoms with E-state index in [0.717, 1.165) is 6.42 Å². The Bertz CT molecular complexity index is 39.1. The maximum atomic E-state index is 9.79. The summed E-state index contributed by atoms with van der Waals surface area (Å²) in [4.78, 5) is 0. The second-order valence-electron chi connectivity index (χ2n) is 1.66. The van der Waals surface area contributed by atoms with Crippen molar-refractivity contribution < 1.29 is 5.11 Å². The monoisotopic (exact) mass is 102 g/mol. The zero-order valence-corrected chi connectivity index (χ0v) is 4.90. The highest BCUT2D eigenvalue weighted by molar-refractivity contribution is 4.50. The van der Waals surface area contributed by atoms with Crippen LogP contribution in [0.3, 0.4) is 0 Å². The van der Waals surface area contributed by atoms with E-state index in [1.165, 1.54) is 0 Å². The molecular weight excluding hydrogens is 90.1 g/mol. The number of hydrogen-bond acceptors (Lipinski definition) is 1. The molecular formula is C5H12NO. The van der Waals surface area contributed by atoms with Gasteiger partial charge in [-0.15, -0.1) is 0 Å². The average Bonchev–Trinajstić information content (AvgIpc) is 1.68. The van der Waals surface area contributed by atoms with Crippen molar-refractivity contribution in [2.75, 3.05) is 6.73 Å². The summed E-state index contributed by atoms with van der Waals surface area (Å²) in [5.74, 6) is 0. The van der Waals surface area contributed by atoms with Gasteiger partial charge >= 0.3 is 0 Å². The molecule has 0 aliphatic heterocycles. The first-order valence-corrected chi connectivity index (χ1v) is 2.62. The summed E-state index contributed by atoms with van der Waals surface area (Å²) in [6, 6.07) is 0.387. The summed E-state index contributed by atoms with van der Waals surface area (Å²) in [5, 5.41) is 12.5. The van der Waals surface area contributed by atoms with Crippen molar-refractivity contribution in [3.63, 3.8) is 0 Å². The van der Waals surface area contributed by atoms with Gasteiger partial charge in [-0.2, -0.15) is 0 Å². The number of rotatable bonds is 3. The first-order valence-electron chi connectivity index (χ1n) is 2.62. The fraction of sp³-hybridized carbons (Fsp3) is 1.00. The molecule has 0 fully saturated rings. The quantitative estimate of drug-likeness (QED) is 0.524. The minimum atomic E-state index is -0.158. The fourth-order valence-electron chi connectivity index (χ4n) is 0.287. The zero-order valence-electron chi connectivity index (χ0n) is 4.90. The Morgan fingerprint density at radius 3 is 2.43 bits per heavy atom. The molecule has 2 nitrogen and oxygen atoms in total. The van der Waals surface area contributed by atoms with E-state index in [2.05, 4.69) is 5.32 Å². The standard InChI is InChI=1S/C5H12NO/c1-3-5(2)6-4-7/h5-6H,3-4H2,1-2H3. The molecule has 2 heteroatoms. The molecule has 0 saturated carbocycles. The van der Waals surface area contributed by atoms with Gasteiger partial charge in [-0.05, 0) is 13.3 Å². The maximum absolute atomic E-state index is 9.79. The van der Waals surface area contributed by atoms with Crippen molar-refractivity contribution >= 4 is 0 Å². The largest absolute Gasteiger partial charge is 0.290 e. The highest BCUT2D eigenvalue weighted by Gasteiger charge is 1.91. The van der Waals surface area contributed by atoms with Crippen molar-refractivity contribution in [3.05, 3.63) is 0 Å². The zero-order chi connectivity index (χ0) is 5.70. The second-order valence-corrected chi connectivity index (χ2v) is 1.66. The molecule has 1 unspecified atom stereocenters. The van der Waals surface area contributed by atoms with Gasteiger partial charge in [-0.25, -0.2) is 5.11 Å². The first-order chi connectivity index (χ1) is 3.31. The Morgan fingerprint density at radius 1 is 1.71 bits per heavy atom. The van der Waals surface area contributed by atoms with Gasteiger partial charge in [-0.1, -0.05) is 6.92 Å². The Hall–Kier alpha value is -0.0800. The maximum Gasteiger partial charge on any atom is 0.133 e. The molecule has 0 aromatic rings. The van der Waals surface area contributed by atoms with Crippen LogP contribution in [0, 0.1) is 0 Å². The molecule has 0 spiro atoms. The third-order valence-corrected chi connectivity index (χ3v) is 1.04. The molecule has 0 aliphatic rings. The summed E-state index contributed by atoms with van der Waals surface area (Å²) in [7, 11) is 0. The van der Waals surface area contributed by atoms with E-state index < -0.39 is 0 Å². The molecule has 1 N–H and O–H groups in total. The lowest BCUT2D eigenvalue weighted by Crippen LogP contribution is -2.24. The molecule has 0 aromatic heterocycles. The van der Waals surface area contributed by atoms with Gasteiger partial charge in [-0.3, -0.25) is 5.32 Å². The van der Waals surface area contributed by atoms with Crippen LogP contribution in [-0.4, -0.2) is 12.8 Å². The van der Waals surface area contributed by atoms with Crippen LogP contribution >= 0.6 is 0 Å². The van der Waals surface area contributed by atoms with Crippen LogP contribution < -0.4 is 5.32 Å². The van der Waals surface area contributed by atoms with E-state index in [0.29, 0.717) is 6.04 Å². The molecule has 0 saturated heterocycles. The minimum Gasteiger partial charge on any atom is -0.290 e. The molecule has 1 radical (unpaired) electrons. The van der Waals surface area contributed by atoms with Crippen molar-refractivity contribution in [1.29, 1.82) is 0 Å². The van der Waals surface area contributed by atoms with Crippen LogP contribution in [0.1, 0.15) is 20.3 Å². The minimum absolute atomic E-state index is 0.158. The number of nitrogens with one attached hydrogen (secondary N) is 1. The lowest BCUT2D eigenvalue weighted by Gasteiger charge is -2.04. The molecule has 0 heterocycles. The highest BCUT2D eigenvalue weighted by Crippen LogP contribution is 1.83. The molecule has 0 aromatic carbocycles. The topological polar surface area (TPSA) is 31.9 Å². The van der Waals surface area contributed by atoms with Gasteiger partial charge in [0.25, 0.3) is 0 Å². The second kappa shape index (κ2) is 4.09. The summed E-state index contributed by atoms with van der Waals surface area (Å²) in [6.45, 7) is 3.89. The van der Waals surface area contributed by atoms with Crippen LogP contribution in [0.4, 0.5) is 0 Å². The average molecular weight is 102 g/mol. The van der Waals surface area contributed by atoms with Gasteiger partial charge < -0.3 is 0 Å². The summed E-state index contributed by atoms with van der Waals surface area (Å²) in [6.07, 6.45) is 1.03. The van der Waals surface area contributed by atoms with Crippen molar-refractivity contribution in [3.8, 4) is 0 Å². The van der Waals surface area contributed by atoms with Gasteiger partial charge in [0.1, 0.15) is 6.73 Å². The number of hydrogen-bond donors (Lipinski definition) is 1. The summed E-state index contributed by atoms with van der Waals surface area (Å²) in [5.41, 5.74) is 0.